The number of rotatable bonds is 6. The molecule has 0 radical (unpaired) electrons. The highest BCUT2D eigenvalue weighted by molar-refractivity contribution is 6.42. The van der Waals surface area contributed by atoms with Crippen molar-refractivity contribution in [3.63, 3.8) is 0 Å². The van der Waals surface area contributed by atoms with E-state index in [1.54, 1.807) is 49.4 Å². The number of ether oxygens (including phenoxy) is 1. The highest BCUT2D eigenvalue weighted by Crippen LogP contribution is 2.25. The van der Waals surface area contributed by atoms with Crippen LogP contribution in [0.25, 0.3) is 0 Å². The van der Waals surface area contributed by atoms with Gasteiger partial charge in [-0.1, -0.05) is 35.3 Å². The number of hydrazone groups is 1. The summed E-state index contributed by atoms with van der Waals surface area (Å²) in [6.07, 6.45) is 0.00640. The fourth-order valence-electron chi connectivity index (χ4n) is 2.09. The maximum atomic E-state index is 12.1. The molecule has 2 rings (SSSR count). The van der Waals surface area contributed by atoms with Gasteiger partial charge in [0.1, 0.15) is 5.75 Å². The van der Waals surface area contributed by atoms with E-state index in [4.69, 9.17) is 27.9 Å². The Hall–Kier alpha value is -2.57. The van der Waals surface area contributed by atoms with Gasteiger partial charge in [-0.15, -0.1) is 0 Å². The highest BCUT2D eigenvalue weighted by Gasteiger charge is 2.11. The minimum Gasteiger partial charge on any atom is -0.496 e. The summed E-state index contributed by atoms with van der Waals surface area (Å²) in [7, 11) is 1.48. The van der Waals surface area contributed by atoms with Crippen LogP contribution in [0.4, 0.5) is 5.69 Å². The van der Waals surface area contributed by atoms with Gasteiger partial charge >= 0.3 is 0 Å². The van der Waals surface area contributed by atoms with Gasteiger partial charge in [0.25, 0.3) is 5.91 Å². The second kappa shape index (κ2) is 9.22. The van der Waals surface area contributed by atoms with Crippen molar-refractivity contribution in [3.05, 3.63) is 58.1 Å². The third kappa shape index (κ3) is 5.47. The third-order valence-corrected chi connectivity index (χ3v) is 4.06. The van der Waals surface area contributed by atoms with Crippen LogP contribution in [-0.2, 0) is 4.79 Å². The van der Waals surface area contributed by atoms with Crippen LogP contribution in [0, 0.1) is 0 Å². The largest absolute Gasteiger partial charge is 0.496 e. The van der Waals surface area contributed by atoms with Gasteiger partial charge < -0.3 is 10.1 Å². The molecule has 0 aliphatic carbocycles. The number of hydrogen-bond donors (Lipinski definition) is 2. The van der Waals surface area contributed by atoms with Crippen LogP contribution in [0.1, 0.15) is 23.7 Å². The lowest BCUT2D eigenvalue weighted by Gasteiger charge is -2.08. The number of hydrogen-bond acceptors (Lipinski definition) is 4. The van der Waals surface area contributed by atoms with E-state index in [1.165, 1.54) is 7.11 Å². The number of methoxy groups -OCH3 is 1. The molecule has 136 valence electrons. The number of nitrogens with zero attached hydrogens (tertiary/aromatic N) is 1. The molecule has 0 saturated carbocycles. The van der Waals surface area contributed by atoms with E-state index < -0.39 is 5.91 Å². The SMILES string of the molecule is COc1ccccc1C(=O)N/N=C(\C)CC(=O)Nc1ccc(Cl)c(Cl)c1. The zero-order valence-electron chi connectivity index (χ0n) is 14.2. The Kier molecular flexibility index (Phi) is 7.00. The highest BCUT2D eigenvalue weighted by atomic mass is 35.5. The fraction of sp³-hybridized carbons (Fsp3) is 0.167. The Balaban J connectivity index is 1.93. The molecule has 0 bridgehead atoms. The molecule has 2 aromatic carbocycles. The van der Waals surface area contributed by atoms with E-state index in [0.717, 1.165) is 0 Å². The molecule has 0 saturated heterocycles. The lowest BCUT2D eigenvalue weighted by molar-refractivity contribution is -0.115. The van der Waals surface area contributed by atoms with Crippen LogP contribution in [0.2, 0.25) is 10.0 Å². The van der Waals surface area contributed by atoms with Gasteiger partial charge in [0, 0.05) is 11.4 Å². The van der Waals surface area contributed by atoms with Crippen molar-refractivity contribution in [3.8, 4) is 5.75 Å². The molecule has 2 amide bonds. The quantitative estimate of drug-likeness (QED) is 0.571. The van der Waals surface area contributed by atoms with Crippen LogP contribution >= 0.6 is 23.2 Å². The minimum atomic E-state index is -0.424. The first-order chi connectivity index (χ1) is 12.4. The van der Waals surface area contributed by atoms with Crippen LogP contribution in [-0.4, -0.2) is 24.6 Å². The van der Waals surface area contributed by atoms with Gasteiger partial charge in [0.15, 0.2) is 0 Å². The maximum Gasteiger partial charge on any atom is 0.275 e. The molecule has 0 spiro atoms. The molecular formula is C18H17Cl2N3O3. The minimum absolute atomic E-state index is 0.00640. The van der Waals surface area contributed by atoms with E-state index in [1.807, 2.05) is 0 Å². The molecule has 0 unspecified atom stereocenters. The molecule has 26 heavy (non-hydrogen) atoms. The van der Waals surface area contributed by atoms with Gasteiger partial charge in [-0.3, -0.25) is 9.59 Å². The average molecular weight is 394 g/mol. The van der Waals surface area contributed by atoms with E-state index in [0.29, 0.717) is 32.8 Å². The lowest BCUT2D eigenvalue weighted by Crippen LogP contribution is -2.22. The standard InChI is InChI=1S/C18H17Cl2N3O3/c1-11(9-17(24)21-12-7-8-14(19)15(20)10-12)22-23-18(25)13-5-3-4-6-16(13)26-2/h3-8,10H,9H2,1-2H3,(H,21,24)(H,23,25)/b22-11+. The summed E-state index contributed by atoms with van der Waals surface area (Å²) >= 11 is 11.7. The molecular weight excluding hydrogens is 377 g/mol. The van der Waals surface area contributed by atoms with Crippen molar-refractivity contribution in [2.45, 2.75) is 13.3 Å². The lowest BCUT2D eigenvalue weighted by atomic mass is 10.2. The fourth-order valence-corrected chi connectivity index (χ4v) is 2.39. The zero-order valence-corrected chi connectivity index (χ0v) is 15.7. The number of carbonyl (C=O) groups excluding carboxylic acids is 2. The summed E-state index contributed by atoms with van der Waals surface area (Å²) in [6, 6.07) is 11.6. The summed E-state index contributed by atoms with van der Waals surface area (Å²) in [5.74, 6) is -0.280. The number of halogens is 2. The van der Waals surface area contributed by atoms with Crippen molar-refractivity contribution in [2.75, 3.05) is 12.4 Å². The summed E-state index contributed by atoms with van der Waals surface area (Å²) in [5.41, 5.74) is 3.72. The smallest absolute Gasteiger partial charge is 0.275 e. The van der Waals surface area contributed by atoms with E-state index in [9.17, 15) is 9.59 Å². The Morgan fingerprint density at radius 3 is 2.54 bits per heavy atom. The Morgan fingerprint density at radius 1 is 1.12 bits per heavy atom. The molecule has 0 aliphatic rings. The molecule has 0 aromatic heterocycles. The second-order valence-electron chi connectivity index (χ2n) is 5.34. The number of nitrogens with one attached hydrogen (secondary N) is 2. The van der Waals surface area contributed by atoms with Gasteiger partial charge in [0.2, 0.25) is 5.91 Å². The van der Waals surface area contributed by atoms with E-state index in [-0.39, 0.29) is 12.3 Å². The van der Waals surface area contributed by atoms with Crippen molar-refractivity contribution in [1.29, 1.82) is 0 Å². The topological polar surface area (TPSA) is 79.8 Å². The van der Waals surface area contributed by atoms with Crippen molar-refractivity contribution in [1.82, 2.24) is 5.43 Å². The third-order valence-electron chi connectivity index (χ3n) is 3.32. The summed E-state index contributed by atoms with van der Waals surface area (Å²) < 4.78 is 5.13. The summed E-state index contributed by atoms with van der Waals surface area (Å²) in [4.78, 5) is 24.2. The van der Waals surface area contributed by atoms with E-state index in [2.05, 4.69) is 15.8 Å². The maximum absolute atomic E-state index is 12.1. The van der Waals surface area contributed by atoms with E-state index >= 15 is 0 Å². The number of benzene rings is 2. The number of amides is 2. The first-order valence-electron chi connectivity index (χ1n) is 7.62. The molecule has 0 heterocycles. The van der Waals surface area contributed by atoms with Crippen LogP contribution in [0.5, 0.6) is 5.75 Å². The molecule has 2 N–H and O–H groups in total. The predicted molar refractivity (Wildman–Crippen MR) is 103 cm³/mol. The first-order valence-corrected chi connectivity index (χ1v) is 8.37. The molecule has 6 nitrogen and oxygen atoms in total. The van der Waals surface area contributed by atoms with Crippen molar-refractivity contribution < 1.29 is 14.3 Å². The van der Waals surface area contributed by atoms with Crippen LogP contribution in [0.3, 0.4) is 0 Å². The molecule has 0 aliphatic heterocycles. The van der Waals surface area contributed by atoms with Gasteiger partial charge in [0.05, 0.1) is 29.1 Å². The van der Waals surface area contributed by atoms with Crippen molar-refractivity contribution in [2.24, 2.45) is 5.10 Å². The predicted octanol–water partition coefficient (Wildman–Crippen LogP) is 4.14. The van der Waals surface area contributed by atoms with Gasteiger partial charge in [-0.2, -0.15) is 5.10 Å². The van der Waals surface area contributed by atoms with Gasteiger partial charge in [-0.25, -0.2) is 5.43 Å². The monoisotopic (exact) mass is 393 g/mol. The van der Waals surface area contributed by atoms with Crippen molar-refractivity contribution >= 4 is 46.4 Å². The molecule has 0 fully saturated rings. The van der Waals surface area contributed by atoms with Crippen LogP contribution < -0.4 is 15.5 Å². The normalized spacial score (nSPS) is 11.0. The summed E-state index contributed by atoms with van der Waals surface area (Å²) in [5, 5.41) is 7.38. The Bertz CT molecular complexity index is 853. The Labute approximate surface area is 161 Å². The Morgan fingerprint density at radius 2 is 1.85 bits per heavy atom. The number of carbonyl (C=O) groups is 2. The summed E-state index contributed by atoms with van der Waals surface area (Å²) in [6.45, 7) is 1.64. The number of anilines is 1. The van der Waals surface area contributed by atoms with Gasteiger partial charge in [-0.05, 0) is 37.3 Å². The molecule has 2 aromatic rings. The second-order valence-corrected chi connectivity index (χ2v) is 6.16. The average Bonchev–Trinajstić information content (AvgIpc) is 2.62. The first kappa shape index (κ1) is 19.8. The van der Waals surface area contributed by atoms with Crippen LogP contribution in [0.15, 0.2) is 47.6 Å². The molecule has 0 atom stereocenters. The molecule has 8 heteroatoms. The zero-order chi connectivity index (χ0) is 19.1. The number of para-hydroxylation sites is 1.